The van der Waals surface area contributed by atoms with E-state index in [2.05, 4.69) is 15.0 Å². The maximum absolute atomic E-state index is 13.1. The molecule has 2 aromatic heterocycles. The summed E-state index contributed by atoms with van der Waals surface area (Å²) in [6.07, 6.45) is 2.92. The Bertz CT molecular complexity index is 1210. The number of hydrogen-bond donors (Lipinski definition) is 2. The highest BCUT2D eigenvalue weighted by molar-refractivity contribution is 7.93. The number of anilines is 1. The van der Waals surface area contributed by atoms with Gasteiger partial charge in [-0.1, -0.05) is 12.1 Å². The van der Waals surface area contributed by atoms with Crippen molar-refractivity contribution in [2.24, 2.45) is 0 Å². The molecule has 0 saturated heterocycles. The molecular formula is C19H19N3O5S3. The number of sulfone groups is 1. The third kappa shape index (κ3) is 5.11. The third-order valence-electron chi connectivity index (χ3n) is 4.15. The third-order valence-corrected chi connectivity index (χ3v) is 9.12. The van der Waals surface area contributed by atoms with Crippen LogP contribution in [-0.2, 0) is 24.7 Å². The summed E-state index contributed by atoms with van der Waals surface area (Å²) in [5.41, 5.74) is 0.838. The van der Waals surface area contributed by atoms with Crippen molar-refractivity contribution in [2.75, 3.05) is 11.9 Å². The second kappa shape index (κ2) is 9.04. The lowest BCUT2D eigenvalue weighted by molar-refractivity contribution is -0.114. The van der Waals surface area contributed by atoms with E-state index >= 15 is 0 Å². The van der Waals surface area contributed by atoms with E-state index in [1.165, 1.54) is 49.6 Å². The summed E-state index contributed by atoms with van der Waals surface area (Å²) in [6, 6.07) is 11.9. The number of hydrogen-bond acceptors (Lipinski definition) is 7. The Hall–Kier alpha value is -2.60. The number of carbonyl (C=O) groups is 1. The van der Waals surface area contributed by atoms with E-state index in [1.807, 2.05) is 0 Å². The zero-order valence-corrected chi connectivity index (χ0v) is 18.3. The van der Waals surface area contributed by atoms with Crippen molar-refractivity contribution in [3.63, 3.8) is 0 Å². The second-order valence-corrected chi connectivity index (χ2v) is 11.4. The molecule has 3 aromatic rings. The van der Waals surface area contributed by atoms with Crippen LogP contribution in [0.4, 0.5) is 5.69 Å². The number of nitrogens with one attached hydrogen (secondary N) is 2. The predicted octanol–water partition coefficient (Wildman–Crippen LogP) is 2.60. The highest BCUT2D eigenvalue weighted by Crippen LogP contribution is 2.31. The summed E-state index contributed by atoms with van der Waals surface area (Å²) in [5.74, 6) is -0.276. The largest absolute Gasteiger partial charge is 0.326 e. The fourth-order valence-corrected chi connectivity index (χ4v) is 6.73. The number of nitrogens with zero attached hydrogens (tertiary/aromatic N) is 1. The van der Waals surface area contributed by atoms with Gasteiger partial charge in [-0.2, -0.15) is 0 Å². The Kier molecular flexibility index (Phi) is 6.66. The number of pyridine rings is 1. The number of aromatic nitrogens is 1. The first-order valence-corrected chi connectivity index (χ1v) is 12.7. The molecule has 158 valence electrons. The van der Waals surface area contributed by atoms with Crippen LogP contribution in [0, 0.1) is 0 Å². The van der Waals surface area contributed by atoms with Crippen LogP contribution in [0.3, 0.4) is 0 Å². The van der Waals surface area contributed by atoms with Gasteiger partial charge in [0.05, 0.1) is 4.90 Å². The standard InChI is InChI=1S/C19H19N3O5S3/c1-14(23)22-16-6-8-17(9-7-16)30(26,27)21-13-18(15-4-2-10-20-12-15)29(24,25)19-5-3-11-28-19/h2-12,18,21H,13H2,1H3,(H,22,23)/t18-/m1/s1. The van der Waals surface area contributed by atoms with Gasteiger partial charge in [0.1, 0.15) is 9.46 Å². The molecule has 0 aliphatic carbocycles. The smallest absolute Gasteiger partial charge is 0.240 e. The van der Waals surface area contributed by atoms with Gasteiger partial charge in [0.2, 0.25) is 15.9 Å². The zero-order chi connectivity index (χ0) is 21.8. The van der Waals surface area contributed by atoms with Crippen molar-refractivity contribution >= 4 is 42.8 Å². The molecule has 1 atom stereocenters. The minimum absolute atomic E-state index is 0.0462. The van der Waals surface area contributed by atoms with Gasteiger partial charge in [0.15, 0.2) is 9.84 Å². The van der Waals surface area contributed by atoms with Crippen LogP contribution in [0.25, 0.3) is 0 Å². The maximum Gasteiger partial charge on any atom is 0.240 e. The van der Waals surface area contributed by atoms with Crippen LogP contribution < -0.4 is 10.0 Å². The zero-order valence-electron chi connectivity index (χ0n) is 15.8. The summed E-state index contributed by atoms with van der Waals surface area (Å²) in [5, 5.41) is 3.06. The molecule has 0 spiro atoms. The Morgan fingerprint density at radius 1 is 1.07 bits per heavy atom. The molecule has 3 rings (SSSR count). The molecule has 0 radical (unpaired) electrons. The molecule has 0 unspecified atom stereocenters. The van der Waals surface area contributed by atoms with Gasteiger partial charge in [-0.05, 0) is 47.3 Å². The van der Waals surface area contributed by atoms with Crippen LogP contribution in [0.1, 0.15) is 17.7 Å². The molecule has 0 aliphatic rings. The van der Waals surface area contributed by atoms with E-state index in [-0.39, 0.29) is 21.6 Å². The number of amides is 1. The highest BCUT2D eigenvalue weighted by atomic mass is 32.2. The van der Waals surface area contributed by atoms with E-state index in [9.17, 15) is 21.6 Å². The van der Waals surface area contributed by atoms with Gasteiger partial charge in [-0.25, -0.2) is 21.6 Å². The molecule has 0 aliphatic heterocycles. The van der Waals surface area contributed by atoms with Crippen molar-refractivity contribution in [3.05, 3.63) is 71.9 Å². The first-order valence-electron chi connectivity index (χ1n) is 8.75. The Morgan fingerprint density at radius 2 is 1.80 bits per heavy atom. The fraction of sp³-hybridized carbons (Fsp3) is 0.158. The van der Waals surface area contributed by atoms with Crippen LogP contribution >= 0.6 is 11.3 Å². The van der Waals surface area contributed by atoms with Gasteiger partial charge in [-0.3, -0.25) is 9.78 Å². The number of sulfonamides is 1. The monoisotopic (exact) mass is 465 g/mol. The highest BCUT2D eigenvalue weighted by Gasteiger charge is 2.31. The van der Waals surface area contributed by atoms with Crippen LogP contribution in [0.15, 0.2) is 75.4 Å². The lowest BCUT2D eigenvalue weighted by Crippen LogP contribution is -2.32. The Balaban J connectivity index is 1.86. The number of rotatable bonds is 8. The predicted molar refractivity (Wildman–Crippen MR) is 114 cm³/mol. The Morgan fingerprint density at radius 3 is 2.37 bits per heavy atom. The minimum atomic E-state index is -3.98. The summed E-state index contributed by atoms with van der Waals surface area (Å²) in [6.45, 7) is 0.987. The van der Waals surface area contributed by atoms with E-state index in [0.717, 1.165) is 11.3 Å². The van der Waals surface area contributed by atoms with Gasteiger partial charge < -0.3 is 5.32 Å². The van der Waals surface area contributed by atoms with Crippen molar-refractivity contribution in [1.29, 1.82) is 0 Å². The number of thiophene rings is 1. The molecule has 1 amide bonds. The van der Waals surface area contributed by atoms with Gasteiger partial charge in [0, 0.05) is 31.5 Å². The van der Waals surface area contributed by atoms with Gasteiger partial charge in [0.25, 0.3) is 0 Å². The summed E-state index contributed by atoms with van der Waals surface area (Å²) >= 11 is 1.07. The van der Waals surface area contributed by atoms with Crippen LogP contribution in [0.5, 0.6) is 0 Å². The first-order chi connectivity index (χ1) is 14.2. The SMILES string of the molecule is CC(=O)Nc1ccc(S(=O)(=O)NC[C@H](c2cccnc2)S(=O)(=O)c2cccs2)cc1. The quantitative estimate of drug-likeness (QED) is 0.527. The topological polar surface area (TPSA) is 122 Å². The maximum atomic E-state index is 13.1. The second-order valence-electron chi connectivity index (χ2n) is 6.31. The normalized spacial score (nSPS) is 13.0. The van der Waals surface area contributed by atoms with E-state index in [0.29, 0.717) is 11.3 Å². The molecule has 30 heavy (non-hydrogen) atoms. The van der Waals surface area contributed by atoms with Crippen molar-refractivity contribution in [3.8, 4) is 0 Å². The molecule has 11 heteroatoms. The minimum Gasteiger partial charge on any atom is -0.326 e. The van der Waals surface area contributed by atoms with Crippen molar-refractivity contribution in [2.45, 2.75) is 21.3 Å². The molecule has 0 saturated carbocycles. The number of carbonyl (C=O) groups excluding carboxylic acids is 1. The molecular weight excluding hydrogens is 446 g/mol. The van der Waals surface area contributed by atoms with Crippen molar-refractivity contribution < 1.29 is 21.6 Å². The Labute approximate surface area is 179 Å². The molecule has 2 N–H and O–H groups in total. The molecule has 0 fully saturated rings. The van der Waals surface area contributed by atoms with Crippen LogP contribution in [-0.4, -0.2) is 34.3 Å². The molecule has 1 aromatic carbocycles. The molecule has 2 heterocycles. The average molecular weight is 466 g/mol. The lowest BCUT2D eigenvalue weighted by atomic mass is 10.2. The van der Waals surface area contributed by atoms with E-state index in [1.54, 1.807) is 23.6 Å². The van der Waals surface area contributed by atoms with Gasteiger partial charge in [-0.15, -0.1) is 11.3 Å². The fourth-order valence-electron chi connectivity index (χ4n) is 2.73. The summed E-state index contributed by atoms with van der Waals surface area (Å²) in [7, 11) is -7.81. The summed E-state index contributed by atoms with van der Waals surface area (Å²) in [4.78, 5) is 15.0. The lowest BCUT2D eigenvalue weighted by Gasteiger charge is -2.18. The molecule has 8 nitrogen and oxygen atoms in total. The number of benzene rings is 1. The van der Waals surface area contributed by atoms with Gasteiger partial charge >= 0.3 is 0 Å². The van der Waals surface area contributed by atoms with Crippen LogP contribution in [0.2, 0.25) is 0 Å². The average Bonchev–Trinajstić information content (AvgIpc) is 3.24. The van der Waals surface area contributed by atoms with E-state index in [4.69, 9.17) is 0 Å². The first kappa shape index (κ1) is 22.1. The van der Waals surface area contributed by atoms with E-state index < -0.39 is 25.1 Å². The summed E-state index contributed by atoms with van der Waals surface area (Å²) < 4.78 is 54.2. The van der Waals surface area contributed by atoms with Crippen molar-refractivity contribution in [1.82, 2.24) is 9.71 Å². The molecule has 0 bridgehead atoms.